The topological polar surface area (TPSA) is 90.8 Å². The van der Waals surface area contributed by atoms with E-state index in [4.69, 9.17) is 14.2 Å². The number of thioether (sulfide) groups is 1. The molecule has 1 aromatic heterocycles. The average molecular weight is 417 g/mol. The maximum absolute atomic E-state index is 12.4. The number of carbonyl (C=O) groups excluding carboxylic acids is 2. The molecule has 0 spiro atoms. The molecule has 29 heavy (non-hydrogen) atoms. The van der Waals surface area contributed by atoms with Gasteiger partial charge in [-0.25, -0.2) is 9.97 Å². The fourth-order valence-electron chi connectivity index (χ4n) is 2.79. The van der Waals surface area contributed by atoms with Crippen molar-refractivity contribution in [3.8, 4) is 11.5 Å². The fraction of sp³-hybridized carbons (Fsp3) is 0.400. The van der Waals surface area contributed by atoms with Crippen LogP contribution in [0.3, 0.4) is 0 Å². The average Bonchev–Trinajstić information content (AvgIpc) is 3.15. The molecule has 0 saturated heterocycles. The maximum Gasteiger partial charge on any atom is 0.316 e. The van der Waals surface area contributed by atoms with Crippen LogP contribution < -0.4 is 9.47 Å². The third-order valence-corrected chi connectivity index (χ3v) is 5.00. The van der Waals surface area contributed by atoms with Gasteiger partial charge in [-0.15, -0.1) is 0 Å². The van der Waals surface area contributed by atoms with E-state index in [1.165, 1.54) is 11.8 Å². The summed E-state index contributed by atoms with van der Waals surface area (Å²) < 4.78 is 15.8. The van der Waals surface area contributed by atoms with Crippen LogP contribution >= 0.6 is 11.8 Å². The number of aromatic nitrogens is 2. The summed E-state index contributed by atoms with van der Waals surface area (Å²) in [5, 5.41) is 0.517. The molecule has 0 atom stereocenters. The molecule has 0 saturated carbocycles. The minimum Gasteiger partial charge on any atom is -0.455 e. The predicted octanol–water partition coefficient (Wildman–Crippen LogP) is 2.51. The smallest absolute Gasteiger partial charge is 0.316 e. The summed E-state index contributed by atoms with van der Waals surface area (Å²) in [5.41, 5.74) is 2.59. The minimum atomic E-state index is -0.481. The van der Waals surface area contributed by atoms with Crippen molar-refractivity contribution in [2.75, 3.05) is 25.7 Å². The third kappa shape index (κ3) is 5.83. The molecule has 9 heteroatoms. The molecule has 1 aliphatic rings. The van der Waals surface area contributed by atoms with Crippen LogP contribution in [-0.2, 0) is 20.9 Å². The summed E-state index contributed by atoms with van der Waals surface area (Å²) in [6.07, 6.45) is 0. The number of nitrogens with zero attached hydrogens (tertiary/aromatic N) is 3. The lowest BCUT2D eigenvalue weighted by atomic mass is 10.2. The quantitative estimate of drug-likeness (QED) is 0.368. The maximum atomic E-state index is 12.4. The van der Waals surface area contributed by atoms with E-state index < -0.39 is 5.97 Å². The molecule has 3 rings (SSSR count). The van der Waals surface area contributed by atoms with Gasteiger partial charge in [-0.2, -0.15) is 0 Å². The highest BCUT2D eigenvalue weighted by molar-refractivity contribution is 7.99. The molecule has 2 aromatic rings. The summed E-state index contributed by atoms with van der Waals surface area (Å²) >= 11 is 1.19. The normalized spacial score (nSPS) is 12.0. The Bertz CT molecular complexity index is 885. The van der Waals surface area contributed by atoms with Gasteiger partial charge in [0.1, 0.15) is 0 Å². The molecule has 0 unspecified atom stereocenters. The van der Waals surface area contributed by atoms with Gasteiger partial charge in [0.2, 0.25) is 6.79 Å². The van der Waals surface area contributed by atoms with Crippen LogP contribution in [0, 0.1) is 13.8 Å². The van der Waals surface area contributed by atoms with Crippen molar-refractivity contribution in [3.63, 3.8) is 0 Å². The summed E-state index contributed by atoms with van der Waals surface area (Å²) in [6.45, 7) is 6.41. The lowest BCUT2D eigenvalue weighted by molar-refractivity contribution is -0.150. The van der Waals surface area contributed by atoms with Gasteiger partial charge >= 0.3 is 5.97 Å². The van der Waals surface area contributed by atoms with Crippen LogP contribution in [0.5, 0.6) is 11.5 Å². The number of aryl methyl sites for hydroxylation is 2. The number of carbonyl (C=O) groups is 2. The van der Waals surface area contributed by atoms with Crippen molar-refractivity contribution >= 4 is 23.6 Å². The molecule has 1 aromatic carbocycles. The van der Waals surface area contributed by atoms with Gasteiger partial charge in [0.05, 0.1) is 5.75 Å². The molecular weight excluding hydrogens is 394 g/mol. The van der Waals surface area contributed by atoms with E-state index in [9.17, 15) is 9.59 Å². The van der Waals surface area contributed by atoms with Gasteiger partial charge < -0.3 is 19.1 Å². The Morgan fingerprint density at radius 3 is 2.59 bits per heavy atom. The standard InChI is InChI=1S/C20H23N3O5S/c1-4-23(9-15-5-6-16-17(8-15)28-12-27-16)18(24)10-26-19(25)11-29-20-21-13(2)7-14(3)22-20/h5-8H,4,9-12H2,1-3H3. The minimum absolute atomic E-state index is 0.0461. The van der Waals surface area contributed by atoms with E-state index >= 15 is 0 Å². The SMILES string of the molecule is CCN(Cc1ccc2c(c1)OCO2)C(=O)COC(=O)CSc1nc(C)cc(C)n1. The number of rotatable bonds is 8. The van der Waals surface area contributed by atoms with E-state index in [1.54, 1.807) is 4.90 Å². The molecule has 1 amide bonds. The van der Waals surface area contributed by atoms with Crippen molar-refractivity contribution in [2.24, 2.45) is 0 Å². The molecular formula is C20H23N3O5S. The second kappa shape index (κ2) is 9.60. The molecule has 0 fully saturated rings. The lowest BCUT2D eigenvalue weighted by Gasteiger charge is -2.21. The summed E-state index contributed by atoms with van der Waals surface area (Å²) in [6, 6.07) is 7.42. The number of hydrogen-bond acceptors (Lipinski definition) is 8. The summed E-state index contributed by atoms with van der Waals surface area (Å²) in [4.78, 5) is 34.6. The first-order chi connectivity index (χ1) is 13.9. The summed E-state index contributed by atoms with van der Waals surface area (Å²) in [7, 11) is 0. The van der Waals surface area contributed by atoms with Crippen molar-refractivity contribution < 1.29 is 23.8 Å². The Morgan fingerprint density at radius 1 is 1.14 bits per heavy atom. The zero-order valence-electron chi connectivity index (χ0n) is 16.6. The van der Waals surface area contributed by atoms with Crippen LogP contribution in [0.1, 0.15) is 23.9 Å². The van der Waals surface area contributed by atoms with Gasteiger partial charge in [-0.1, -0.05) is 17.8 Å². The zero-order chi connectivity index (χ0) is 20.8. The van der Waals surface area contributed by atoms with Crippen LogP contribution in [-0.4, -0.2) is 52.4 Å². The largest absolute Gasteiger partial charge is 0.455 e. The zero-order valence-corrected chi connectivity index (χ0v) is 17.5. The van der Waals surface area contributed by atoms with Gasteiger partial charge in [-0.3, -0.25) is 9.59 Å². The highest BCUT2D eigenvalue weighted by Gasteiger charge is 2.18. The number of ether oxygens (including phenoxy) is 3. The Labute approximate surface area is 173 Å². The molecule has 0 aliphatic carbocycles. The molecule has 0 bridgehead atoms. The molecule has 1 aliphatic heterocycles. The first kappa shape index (κ1) is 20.9. The van der Waals surface area contributed by atoms with Crippen molar-refractivity contribution in [2.45, 2.75) is 32.5 Å². The number of esters is 1. The number of benzene rings is 1. The highest BCUT2D eigenvalue weighted by atomic mass is 32.2. The number of hydrogen-bond donors (Lipinski definition) is 0. The second-order valence-corrected chi connectivity index (χ2v) is 7.42. The van der Waals surface area contributed by atoms with Crippen LogP contribution in [0.2, 0.25) is 0 Å². The third-order valence-electron chi connectivity index (χ3n) is 4.18. The van der Waals surface area contributed by atoms with Crippen molar-refractivity contribution in [3.05, 3.63) is 41.2 Å². The molecule has 2 heterocycles. The van der Waals surface area contributed by atoms with Crippen molar-refractivity contribution in [1.82, 2.24) is 14.9 Å². The number of fused-ring (bicyclic) bond motifs is 1. The van der Waals surface area contributed by atoms with E-state index in [0.29, 0.717) is 29.7 Å². The van der Waals surface area contributed by atoms with E-state index in [0.717, 1.165) is 17.0 Å². The first-order valence-electron chi connectivity index (χ1n) is 9.21. The first-order valence-corrected chi connectivity index (χ1v) is 10.2. The van der Waals surface area contributed by atoms with Crippen LogP contribution in [0.4, 0.5) is 0 Å². The fourth-order valence-corrected chi connectivity index (χ4v) is 3.54. The molecule has 154 valence electrons. The second-order valence-electron chi connectivity index (χ2n) is 6.48. The van der Waals surface area contributed by atoms with Gasteiger partial charge in [-0.05, 0) is 44.5 Å². The van der Waals surface area contributed by atoms with Gasteiger partial charge in [0, 0.05) is 24.5 Å². The predicted molar refractivity (Wildman–Crippen MR) is 107 cm³/mol. The summed E-state index contributed by atoms with van der Waals surface area (Å²) in [5.74, 6) is 0.673. The van der Waals surface area contributed by atoms with E-state index in [1.807, 2.05) is 45.0 Å². The van der Waals surface area contributed by atoms with Crippen LogP contribution in [0.25, 0.3) is 0 Å². The Kier molecular flexibility index (Phi) is 6.92. The highest BCUT2D eigenvalue weighted by Crippen LogP contribution is 2.32. The number of likely N-dealkylation sites (N-methyl/N-ethyl adjacent to an activating group) is 1. The monoisotopic (exact) mass is 417 g/mol. The lowest BCUT2D eigenvalue weighted by Crippen LogP contribution is -2.34. The van der Waals surface area contributed by atoms with Gasteiger partial charge in [0.25, 0.3) is 5.91 Å². The molecule has 0 radical (unpaired) electrons. The van der Waals surface area contributed by atoms with E-state index in [2.05, 4.69) is 9.97 Å². The Balaban J connectivity index is 1.47. The van der Waals surface area contributed by atoms with Crippen LogP contribution in [0.15, 0.2) is 29.4 Å². The Hall–Kier alpha value is -2.81. The Morgan fingerprint density at radius 2 is 1.86 bits per heavy atom. The molecule has 0 N–H and O–H groups in total. The number of amides is 1. The van der Waals surface area contributed by atoms with Crippen molar-refractivity contribution in [1.29, 1.82) is 0 Å². The van der Waals surface area contributed by atoms with E-state index in [-0.39, 0.29) is 25.1 Å². The molecule has 8 nitrogen and oxygen atoms in total. The van der Waals surface area contributed by atoms with Gasteiger partial charge in [0.15, 0.2) is 23.3 Å².